The maximum absolute atomic E-state index is 5.97. The third-order valence-electron chi connectivity index (χ3n) is 4.25. The summed E-state index contributed by atoms with van der Waals surface area (Å²) in [6.45, 7) is 5.06. The lowest BCUT2D eigenvalue weighted by molar-refractivity contribution is 0.499. The summed E-state index contributed by atoms with van der Waals surface area (Å²) in [5.41, 5.74) is 2.60. The van der Waals surface area contributed by atoms with Gasteiger partial charge in [0.05, 0.1) is 16.6 Å². The number of fused-ring (bicyclic) bond motifs is 1. The largest absolute Gasteiger partial charge is 0.353 e. The average Bonchev–Trinajstić information content (AvgIpc) is 3.17. The van der Waals surface area contributed by atoms with Gasteiger partial charge in [-0.15, -0.1) is 11.3 Å². The van der Waals surface area contributed by atoms with E-state index in [1.807, 2.05) is 12.1 Å². The highest BCUT2D eigenvalue weighted by atomic mass is 35.5. The van der Waals surface area contributed by atoms with E-state index < -0.39 is 0 Å². The molecule has 1 atom stereocenters. The molecule has 0 saturated carbocycles. The van der Waals surface area contributed by atoms with Crippen molar-refractivity contribution < 1.29 is 0 Å². The fourth-order valence-electron chi connectivity index (χ4n) is 2.91. The van der Waals surface area contributed by atoms with Crippen LogP contribution in [0.1, 0.15) is 42.4 Å². The van der Waals surface area contributed by atoms with Crippen molar-refractivity contribution in [2.45, 2.75) is 51.7 Å². The van der Waals surface area contributed by atoms with Gasteiger partial charge in [0.1, 0.15) is 0 Å². The van der Waals surface area contributed by atoms with Crippen LogP contribution in [-0.2, 0) is 19.4 Å². The van der Waals surface area contributed by atoms with Crippen molar-refractivity contribution in [1.29, 1.82) is 0 Å². The molecule has 5 nitrogen and oxygen atoms in total. The summed E-state index contributed by atoms with van der Waals surface area (Å²) in [7, 11) is 1.80. The van der Waals surface area contributed by atoms with E-state index in [0.717, 1.165) is 36.1 Å². The Balaban J connectivity index is 1.56. The molecule has 0 amide bonds. The van der Waals surface area contributed by atoms with E-state index in [4.69, 9.17) is 16.7 Å². The Bertz CT molecular complexity index is 718. The van der Waals surface area contributed by atoms with Crippen LogP contribution in [0.15, 0.2) is 23.3 Å². The number of aryl methyl sites for hydroxylation is 1. The van der Waals surface area contributed by atoms with Gasteiger partial charge in [-0.05, 0) is 44.4 Å². The van der Waals surface area contributed by atoms with E-state index in [1.54, 1.807) is 18.4 Å². The number of hydrogen-bond donors (Lipinski definition) is 2. The Kier molecular flexibility index (Phi) is 5.46. The highest BCUT2D eigenvalue weighted by Crippen LogP contribution is 2.22. The highest BCUT2D eigenvalue weighted by Gasteiger charge is 2.23. The van der Waals surface area contributed by atoms with Gasteiger partial charge in [0, 0.05) is 36.6 Å². The Labute approximate surface area is 152 Å². The van der Waals surface area contributed by atoms with Crippen LogP contribution in [0.25, 0.3) is 0 Å². The first-order valence-electron chi connectivity index (χ1n) is 8.33. The summed E-state index contributed by atoms with van der Waals surface area (Å²) in [4.78, 5) is 5.53. The van der Waals surface area contributed by atoms with E-state index in [2.05, 4.69) is 40.4 Å². The zero-order valence-corrected chi connectivity index (χ0v) is 15.9. The third kappa shape index (κ3) is 4.11. The second-order valence-corrected chi connectivity index (χ2v) is 8.19. The first-order chi connectivity index (χ1) is 11.5. The van der Waals surface area contributed by atoms with Gasteiger partial charge in [0.2, 0.25) is 0 Å². The molecule has 0 aromatic carbocycles. The smallest absolute Gasteiger partial charge is 0.191 e. The van der Waals surface area contributed by atoms with Crippen LogP contribution in [-0.4, -0.2) is 28.8 Å². The molecule has 1 unspecified atom stereocenters. The van der Waals surface area contributed by atoms with Crippen LogP contribution >= 0.6 is 22.9 Å². The molecule has 130 valence electrons. The molecular formula is C17H24ClN5S. The quantitative estimate of drug-likeness (QED) is 0.645. The lowest BCUT2D eigenvalue weighted by Crippen LogP contribution is -2.45. The van der Waals surface area contributed by atoms with Gasteiger partial charge in [-0.3, -0.25) is 9.67 Å². The number of guanidine groups is 1. The molecule has 2 heterocycles. The molecule has 1 aliphatic rings. The molecule has 0 fully saturated rings. The van der Waals surface area contributed by atoms with Crippen molar-refractivity contribution in [3.8, 4) is 0 Å². The molecular weight excluding hydrogens is 342 g/mol. The molecule has 2 aromatic rings. The molecule has 2 aromatic heterocycles. The second kappa shape index (κ2) is 7.57. The number of thiophene rings is 1. The Hall–Kier alpha value is -1.53. The molecule has 24 heavy (non-hydrogen) atoms. The molecule has 1 aliphatic carbocycles. The van der Waals surface area contributed by atoms with Crippen LogP contribution in [0, 0.1) is 0 Å². The first-order valence-corrected chi connectivity index (χ1v) is 9.53. The van der Waals surface area contributed by atoms with Gasteiger partial charge < -0.3 is 10.6 Å². The number of aromatic nitrogens is 2. The van der Waals surface area contributed by atoms with E-state index >= 15 is 0 Å². The zero-order valence-electron chi connectivity index (χ0n) is 14.3. The minimum Gasteiger partial charge on any atom is -0.353 e. The topological polar surface area (TPSA) is 54.2 Å². The zero-order chi connectivity index (χ0) is 17.1. The van der Waals surface area contributed by atoms with Crippen molar-refractivity contribution in [3.63, 3.8) is 0 Å². The standard InChI is InChI=1S/C17H24ClN5S/c1-11(2)23-10-12-4-5-13(8-15(12)22-23)21-17(19-3)20-9-14-6-7-16(18)24-14/h6-7,10-11,13H,4-5,8-9H2,1-3H3,(H2,19,20,21). The number of halogens is 1. The number of hydrogen-bond acceptors (Lipinski definition) is 3. The molecule has 0 radical (unpaired) electrons. The minimum absolute atomic E-state index is 0.367. The van der Waals surface area contributed by atoms with Crippen LogP contribution in [0.4, 0.5) is 0 Å². The van der Waals surface area contributed by atoms with Crippen LogP contribution in [0.3, 0.4) is 0 Å². The van der Waals surface area contributed by atoms with E-state index in [9.17, 15) is 0 Å². The minimum atomic E-state index is 0.367. The summed E-state index contributed by atoms with van der Waals surface area (Å²) in [5, 5.41) is 11.6. The Morgan fingerprint density at radius 3 is 3.00 bits per heavy atom. The lowest BCUT2D eigenvalue weighted by Gasteiger charge is -2.24. The molecule has 0 saturated heterocycles. The van der Waals surface area contributed by atoms with Gasteiger partial charge in [-0.25, -0.2) is 0 Å². The maximum Gasteiger partial charge on any atom is 0.191 e. The van der Waals surface area contributed by atoms with Crippen molar-refractivity contribution in [3.05, 3.63) is 38.8 Å². The van der Waals surface area contributed by atoms with Crippen LogP contribution < -0.4 is 10.6 Å². The van der Waals surface area contributed by atoms with Gasteiger partial charge in [0.15, 0.2) is 5.96 Å². The first kappa shape index (κ1) is 17.3. The summed E-state index contributed by atoms with van der Waals surface area (Å²) < 4.78 is 2.89. The molecule has 0 bridgehead atoms. The number of nitrogens with zero attached hydrogens (tertiary/aromatic N) is 3. The van der Waals surface area contributed by atoms with Gasteiger partial charge in [-0.2, -0.15) is 5.10 Å². The molecule has 0 spiro atoms. The van der Waals surface area contributed by atoms with Crippen molar-refractivity contribution in [1.82, 2.24) is 20.4 Å². The highest BCUT2D eigenvalue weighted by molar-refractivity contribution is 7.16. The van der Waals surface area contributed by atoms with Crippen molar-refractivity contribution >= 4 is 28.9 Å². The monoisotopic (exact) mass is 365 g/mol. The number of aliphatic imine (C=N–C) groups is 1. The predicted octanol–water partition coefficient (Wildman–Crippen LogP) is 3.40. The van der Waals surface area contributed by atoms with E-state index in [1.165, 1.54) is 16.1 Å². The fraction of sp³-hybridized carbons (Fsp3) is 0.529. The molecule has 7 heteroatoms. The lowest BCUT2D eigenvalue weighted by atomic mass is 9.94. The molecule has 2 N–H and O–H groups in total. The number of nitrogens with one attached hydrogen (secondary N) is 2. The van der Waals surface area contributed by atoms with Gasteiger partial charge in [-0.1, -0.05) is 11.6 Å². The van der Waals surface area contributed by atoms with Gasteiger partial charge >= 0.3 is 0 Å². The number of rotatable bonds is 4. The summed E-state index contributed by atoms with van der Waals surface area (Å²) >= 11 is 7.56. The fourth-order valence-corrected chi connectivity index (χ4v) is 3.93. The van der Waals surface area contributed by atoms with E-state index in [-0.39, 0.29) is 0 Å². The third-order valence-corrected chi connectivity index (χ3v) is 5.48. The van der Waals surface area contributed by atoms with Crippen LogP contribution in [0.5, 0.6) is 0 Å². The SMILES string of the molecule is CN=C(NCc1ccc(Cl)s1)NC1CCc2cn(C(C)C)nc2C1. The van der Waals surface area contributed by atoms with Gasteiger partial charge in [0.25, 0.3) is 0 Å². The normalized spacial score (nSPS) is 17.9. The van der Waals surface area contributed by atoms with Crippen LogP contribution in [0.2, 0.25) is 4.34 Å². The Morgan fingerprint density at radius 1 is 1.50 bits per heavy atom. The summed E-state index contributed by atoms with van der Waals surface area (Å²) in [5.74, 6) is 0.830. The summed E-state index contributed by atoms with van der Waals surface area (Å²) in [6.07, 6.45) is 5.31. The van der Waals surface area contributed by atoms with Crippen molar-refractivity contribution in [2.24, 2.45) is 4.99 Å². The van der Waals surface area contributed by atoms with E-state index in [0.29, 0.717) is 12.1 Å². The second-order valence-electron chi connectivity index (χ2n) is 6.39. The predicted molar refractivity (Wildman–Crippen MR) is 101 cm³/mol. The summed E-state index contributed by atoms with van der Waals surface area (Å²) in [6, 6.07) is 4.74. The maximum atomic E-state index is 5.97. The average molecular weight is 366 g/mol. The molecule has 3 rings (SSSR count). The Morgan fingerprint density at radius 2 is 2.33 bits per heavy atom. The molecule has 0 aliphatic heterocycles. The van der Waals surface area contributed by atoms with Crippen molar-refractivity contribution in [2.75, 3.05) is 7.05 Å².